The number of hydrogen-bond acceptors (Lipinski definition) is 5. The van der Waals surface area contributed by atoms with Crippen LogP contribution in [-0.4, -0.2) is 23.6 Å². The molecule has 122 valence electrons. The fourth-order valence-electron chi connectivity index (χ4n) is 2.27. The van der Waals surface area contributed by atoms with E-state index in [1.807, 2.05) is 30.3 Å². The molecule has 0 spiro atoms. The zero-order valence-corrected chi connectivity index (χ0v) is 14.1. The Hall–Kier alpha value is -2.18. The van der Waals surface area contributed by atoms with Crippen molar-refractivity contribution in [1.29, 1.82) is 0 Å². The predicted octanol–water partition coefficient (Wildman–Crippen LogP) is 3.60. The van der Waals surface area contributed by atoms with Gasteiger partial charge in [0.1, 0.15) is 4.88 Å². The Labute approximate surface area is 138 Å². The molecule has 0 aliphatic heterocycles. The van der Waals surface area contributed by atoms with Gasteiger partial charge in [-0.2, -0.15) is 0 Å². The van der Waals surface area contributed by atoms with Crippen molar-refractivity contribution in [1.82, 2.24) is 0 Å². The quantitative estimate of drug-likeness (QED) is 0.820. The maximum Gasteiger partial charge on any atom is 0.350 e. The Bertz CT molecular complexity index is 707. The Morgan fingerprint density at radius 2 is 1.96 bits per heavy atom. The summed E-state index contributed by atoms with van der Waals surface area (Å²) in [6.07, 6.45) is -0.772. The first-order valence-electron chi connectivity index (χ1n) is 7.30. The maximum absolute atomic E-state index is 12.2. The molecule has 0 bridgehead atoms. The second-order valence-electron chi connectivity index (χ2n) is 4.99. The van der Waals surface area contributed by atoms with E-state index < -0.39 is 12.1 Å². The van der Waals surface area contributed by atoms with Crippen molar-refractivity contribution in [2.75, 3.05) is 11.9 Å². The van der Waals surface area contributed by atoms with Crippen LogP contribution in [0.2, 0.25) is 0 Å². The van der Waals surface area contributed by atoms with Crippen molar-refractivity contribution < 1.29 is 19.4 Å². The molecule has 0 radical (unpaired) electrons. The largest absolute Gasteiger partial charge is 0.462 e. The number of aliphatic hydroxyl groups is 1. The first-order chi connectivity index (χ1) is 11.0. The average Bonchev–Trinajstić information content (AvgIpc) is 2.87. The minimum absolute atomic E-state index is 0.237. The molecule has 0 fully saturated rings. The zero-order chi connectivity index (χ0) is 17.0. The maximum atomic E-state index is 12.2. The van der Waals surface area contributed by atoms with Crippen LogP contribution < -0.4 is 5.32 Å². The third-order valence-electron chi connectivity index (χ3n) is 3.14. The van der Waals surface area contributed by atoms with Crippen LogP contribution in [0.1, 0.15) is 41.4 Å². The highest BCUT2D eigenvalue weighted by molar-refractivity contribution is 7.15. The normalized spacial score (nSPS) is 11.8. The third kappa shape index (κ3) is 3.78. The van der Waals surface area contributed by atoms with Crippen molar-refractivity contribution in [2.24, 2.45) is 0 Å². The van der Waals surface area contributed by atoms with E-state index in [1.54, 1.807) is 13.8 Å². The van der Waals surface area contributed by atoms with Gasteiger partial charge < -0.3 is 15.2 Å². The van der Waals surface area contributed by atoms with Gasteiger partial charge >= 0.3 is 5.97 Å². The molecule has 0 aliphatic rings. The summed E-state index contributed by atoms with van der Waals surface area (Å²) >= 11 is 1.14. The Morgan fingerprint density at radius 3 is 2.48 bits per heavy atom. The highest BCUT2D eigenvalue weighted by atomic mass is 32.1. The van der Waals surface area contributed by atoms with Crippen LogP contribution in [0.3, 0.4) is 0 Å². The van der Waals surface area contributed by atoms with Crippen LogP contribution in [0.25, 0.3) is 11.1 Å². The van der Waals surface area contributed by atoms with Gasteiger partial charge in [0.25, 0.3) is 0 Å². The first kappa shape index (κ1) is 17.2. The molecule has 2 aromatic rings. The van der Waals surface area contributed by atoms with Crippen LogP contribution in [0.4, 0.5) is 5.69 Å². The molecule has 1 atom stereocenters. The molecule has 23 heavy (non-hydrogen) atoms. The summed E-state index contributed by atoms with van der Waals surface area (Å²) in [7, 11) is 0. The second-order valence-corrected chi connectivity index (χ2v) is 6.04. The Morgan fingerprint density at radius 1 is 1.30 bits per heavy atom. The Kier molecular flexibility index (Phi) is 5.52. The molecule has 1 aromatic heterocycles. The fraction of sp³-hybridized carbons (Fsp3) is 0.294. The highest BCUT2D eigenvalue weighted by Crippen LogP contribution is 2.44. The standard InChI is InChI=1S/C17H19NO4S/c1-4-22-17(21)16-14(18-11(3)20)13(15(23-16)10(2)19)12-8-6-5-7-9-12/h5-10,19H,4H2,1-3H3,(H,18,20)/t10-/m0/s1. The van der Waals surface area contributed by atoms with E-state index in [2.05, 4.69) is 5.32 Å². The number of hydrogen-bond donors (Lipinski definition) is 2. The number of carbonyl (C=O) groups is 2. The number of aliphatic hydroxyl groups excluding tert-OH is 1. The molecule has 0 saturated heterocycles. The number of thiophene rings is 1. The van der Waals surface area contributed by atoms with Gasteiger partial charge in [-0.25, -0.2) is 4.79 Å². The minimum Gasteiger partial charge on any atom is -0.462 e. The third-order valence-corrected chi connectivity index (χ3v) is 4.48. The molecule has 0 unspecified atom stereocenters. The van der Waals surface area contributed by atoms with Gasteiger partial charge in [-0.15, -0.1) is 11.3 Å². The number of amides is 1. The molecule has 6 heteroatoms. The average molecular weight is 333 g/mol. The lowest BCUT2D eigenvalue weighted by Crippen LogP contribution is -2.11. The minimum atomic E-state index is -0.772. The lowest BCUT2D eigenvalue weighted by atomic mass is 10.0. The fourth-order valence-corrected chi connectivity index (χ4v) is 3.38. The van der Waals surface area contributed by atoms with Gasteiger partial charge in [0.05, 0.1) is 18.4 Å². The summed E-state index contributed by atoms with van der Waals surface area (Å²) in [5.41, 5.74) is 1.87. The first-order valence-corrected chi connectivity index (χ1v) is 8.12. The van der Waals surface area contributed by atoms with Gasteiger partial charge in [0, 0.05) is 17.4 Å². The monoisotopic (exact) mass is 333 g/mol. The van der Waals surface area contributed by atoms with Gasteiger partial charge in [-0.1, -0.05) is 30.3 Å². The number of esters is 1. The lowest BCUT2D eigenvalue weighted by molar-refractivity contribution is -0.114. The number of benzene rings is 1. The number of ether oxygens (including phenoxy) is 1. The lowest BCUT2D eigenvalue weighted by Gasteiger charge is -2.10. The molecule has 0 saturated carbocycles. The molecule has 2 N–H and O–H groups in total. The van der Waals surface area contributed by atoms with Crippen LogP contribution in [0.5, 0.6) is 0 Å². The van der Waals surface area contributed by atoms with Crippen molar-refractivity contribution in [2.45, 2.75) is 26.9 Å². The number of rotatable bonds is 5. The molecule has 5 nitrogen and oxygen atoms in total. The zero-order valence-electron chi connectivity index (χ0n) is 13.3. The van der Waals surface area contributed by atoms with Gasteiger partial charge in [-0.3, -0.25) is 4.79 Å². The van der Waals surface area contributed by atoms with Gasteiger partial charge in [0.2, 0.25) is 5.91 Å². The van der Waals surface area contributed by atoms with E-state index in [1.165, 1.54) is 6.92 Å². The van der Waals surface area contributed by atoms with E-state index in [9.17, 15) is 14.7 Å². The van der Waals surface area contributed by atoms with E-state index in [0.717, 1.165) is 16.9 Å². The number of anilines is 1. The summed E-state index contributed by atoms with van der Waals surface area (Å²) in [5.74, 6) is -0.798. The summed E-state index contributed by atoms with van der Waals surface area (Å²) < 4.78 is 5.07. The van der Waals surface area contributed by atoms with Gasteiger partial charge in [0.15, 0.2) is 0 Å². The molecule has 1 amide bonds. The summed E-state index contributed by atoms with van der Waals surface area (Å²) in [4.78, 5) is 24.7. The van der Waals surface area contributed by atoms with E-state index in [0.29, 0.717) is 16.1 Å². The van der Waals surface area contributed by atoms with E-state index >= 15 is 0 Å². The molecule has 1 aromatic carbocycles. The van der Waals surface area contributed by atoms with E-state index in [-0.39, 0.29) is 17.4 Å². The number of carbonyl (C=O) groups excluding carboxylic acids is 2. The topological polar surface area (TPSA) is 75.6 Å². The van der Waals surface area contributed by atoms with Crippen molar-refractivity contribution >= 4 is 28.9 Å². The van der Waals surface area contributed by atoms with Crippen molar-refractivity contribution in [3.63, 3.8) is 0 Å². The summed E-state index contributed by atoms with van der Waals surface area (Å²) in [6.45, 7) is 4.96. The molecular formula is C17H19NO4S. The molecule has 1 heterocycles. The van der Waals surface area contributed by atoms with Crippen LogP contribution in [0, 0.1) is 0 Å². The van der Waals surface area contributed by atoms with Crippen LogP contribution >= 0.6 is 11.3 Å². The van der Waals surface area contributed by atoms with Gasteiger partial charge in [-0.05, 0) is 19.4 Å². The summed E-state index contributed by atoms with van der Waals surface area (Å²) in [5, 5.41) is 12.8. The molecule has 2 rings (SSSR count). The number of nitrogens with one attached hydrogen (secondary N) is 1. The predicted molar refractivity (Wildman–Crippen MR) is 90.6 cm³/mol. The van der Waals surface area contributed by atoms with Crippen LogP contribution in [0.15, 0.2) is 30.3 Å². The molecular weight excluding hydrogens is 314 g/mol. The molecule has 0 aliphatic carbocycles. The second kappa shape index (κ2) is 7.39. The SMILES string of the molecule is CCOC(=O)c1sc([C@H](C)O)c(-c2ccccc2)c1NC(C)=O. The van der Waals surface area contributed by atoms with Crippen molar-refractivity contribution in [3.8, 4) is 11.1 Å². The van der Waals surface area contributed by atoms with E-state index in [4.69, 9.17) is 4.74 Å². The summed E-state index contributed by atoms with van der Waals surface area (Å²) in [6, 6.07) is 9.34. The van der Waals surface area contributed by atoms with Crippen molar-refractivity contribution in [3.05, 3.63) is 40.1 Å². The smallest absolute Gasteiger partial charge is 0.350 e. The van der Waals surface area contributed by atoms with Crippen LogP contribution in [-0.2, 0) is 9.53 Å². The Balaban J connectivity index is 2.70. The highest BCUT2D eigenvalue weighted by Gasteiger charge is 2.27.